The standard InChI is InChI=1S/C9H17NO4.C7H14N2O.C3H7N/c1-9(2,3)14-8(13)10-6-4-5-7(11)12;8-5-1-2-7(10)9-6-3-4-6;4-3-1-2-3/h4-6H2,1-3H3,(H,10,13)(H,11,12);6H,1-5,8H2,(H,9,10);3H,1-2,4H2. The molecule has 0 spiro atoms. The fourth-order valence-electron chi connectivity index (χ4n) is 1.63. The molecule has 0 aromatic carbocycles. The number of nitrogens with one attached hydrogen (secondary N) is 2. The Bertz CT molecular complexity index is 471. The molecular weight excluding hydrogens is 364 g/mol. The van der Waals surface area contributed by atoms with Crippen LogP contribution in [-0.4, -0.2) is 53.9 Å². The number of carboxylic acids is 1. The summed E-state index contributed by atoms with van der Waals surface area (Å²) in [5.41, 5.74) is 9.95. The second kappa shape index (κ2) is 14.2. The van der Waals surface area contributed by atoms with Crippen LogP contribution >= 0.6 is 0 Å². The van der Waals surface area contributed by atoms with Crippen molar-refractivity contribution < 1.29 is 24.2 Å². The first-order valence-electron chi connectivity index (χ1n) is 9.97. The maximum atomic E-state index is 11.0. The summed E-state index contributed by atoms with van der Waals surface area (Å²) in [5, 5.41) is 13.7. The van der Waals surface area contributed by atoms with Crippen LogP contribution in [0, 0.1) is 0 Å². The molecule has 28 heavy (non-hydrogen) atoms. The van der Waals surface area contributed by atoms with Gasteiger partial charge in [-0.25, -0.2) is 4.79 Å². The number of alkyl carbamates (subject to hydrolysis) is 1. The Kier molecular flexibility index (Phi) is 13.2. The van der Waals surface area contributed by atoms with Crippen molar-refractivity contribution in [3.05, 3.63) is 0 Å². The van der Waals surface area contributed by atoms with Crippen molar-refractivity contribution in [2.75, 3.05) is 13.1 Å². The summed E-state index contributed by atoms with van der Waals surface area (Å²) in [7, 11) is 0. The predicted molar refractivity (Wildman–Crippen MR) is 108 cm³/mol. The van der Waals surface area contributed by atoms with Crippen molar-refractivity contribution in [2.45, 2.75) is 89.8 Å². The third-order valence-electron chi connectivity index (χ3n) is 3.41. The second-order valence-electron chi connectivity index (χ2n) is 8.00. The Balaban J connectivity index is 0.000000446. The zero-order chi connectivity index (χ0) is 21.6. The van der Waals surface area contributed by atoms with Crippen molar-refractivity contribution in [2.24, 2.45) is 11.5 Å². The molecule has 2 aliphatic carbocycles. The highest BCUT2D eigenvalue weighted by Crippen LogP contribution is 2.18. The quantitative estimate of drug-likeness (QED) is 0.385. The first kappa shape index (κ1) is 26.1. The average molecular weight is 403 g/mol. The molecule has 0 heterocycles. The highest BCUT2D eigenvalue weighted by atomic mass is 16.6. The highest BCUT2D eigenvalue weighted by Gasteiger charge is 2.22. The molecule has 0 aromatic heterocycles. The summed E-state index contributed by atoms with van der Waals surface area (Å²) in [6.45, 7) is 6.23. The largest absolute Gasteiger partial charge is 0.481 e. The van der Waals surface area contributed by atoms with Crippen LogP contribution in [0.15, 0.2) is 0 Å². The minimum absolute atomic E-state index is 0.0514. The lowest BCUT2D eigenvalue weighted by molar-refractivity contribution is -0.137. The lowest BCUT2D eigenvalue weighted by atomic mass is 10.2. The SMILES string of the molecule is CC(C)(C)OC(=O)NCCCC(=O)O.NC1CC1.NCCCC(=O)NC1CC1. The van der Waals surface area contributed by atoms with Gasteiger partial charge in [0, 0.05) is 31.5 Å². The number of carboxylic acid groups (broad SMARTS) is 1. The van der Waals surface area contributed by atoms with Gasteiger partial charge in [0.25, 0.3) is 0 Å². The van der Waals surface area contributed by atoms with Crippen LogP contribution in [0.1, 0.15) is 72.1 Å². The van der Waals surface area contributed by atoms with Gasteiger partial charge >= 0.3 is 12.1 Å². The van der Waals surface area contributed by atoms with Gasteiger partial charge in [-0.05, 0) is 65.8 Å². The molecule has 0 aromatic rings. The van der Waals surface area contributed by atoms with Crippen LogP contribution in [-0.2, 0) is 14.3 Å². The van der Waals surface area contributed by atoms with Gasteiger partial charge < -0.3 is 31.9 Å². The number of amides is 2. The molecule has 9 heteroatoms. The zero-order valence-corrected chi connectivity index (χ0v) is 17.5. The first-order valence-corrected chi connectivity index (χ1v) is 9.97. The molecule has 164 valence electrons. The van der Waals surface area contributed by atoms with Crippen LogP contribution in [0.5, 0.6) is 0 Å². The number of nitrogens with two attached hydrogens (primary N) is 2. The number of hydrogen-bond donors (Lipinski definition) is 5. The van der Waals surface area contributed by atoms with Gasteiger partial charge in [-0.3, -0.25) is 9.59 Å². The van der Waals surface area contributed by atoms with E-state index in [2.05, 4.69) is 10.6 Å². The fraction of sp³-hybridized carbons (Fsp3) is 0.842. The maximum absolute atomic E-state index is 11.0. The highest BCUT2D eigenvalue weighted by molar-refractivity contribution is 5.76. The van der Waals surface area contributed by atoms with Gasteiger partial charge in [0.1, 0.15) is 5.60 Å². The normalized spacial score (nSPS) is 15.2. The van der Waals surface area contributed by atoms with E-state index in [0.717, 1.165) is 19.3 Å². The summed E-state index contributed by atoms with van der Waals surface area (Å²) in [4.78, 5) is 32.0. The Morgan fingerprint density at radius 3 is 2.04 bits per heavy atom. The third-order valence-corrected chi connectivity index (χ3v) is 3.41. The van der Waals surface area contributed by atoms with E-state index in [1.165, 1.54) is 12.8 Å². The van der Waals surface area contributed by atoms with Gasteiger partial charge in [0.15, 0.2) is 0 Å². The average Bonchev–Trinajstić information content (AvgIpc) is 3.48. The first-order chi connectivity index (χ1) is 13.0. The Labute approximate surface area is 167 Å². The van der Waals surface area contributed by atoms with Crippen LogP contribution in [0.2, 0.25) is 0 Å². The molecule has 0 unspecified atom stereocenters. The summed E-state index contributed by atoms with van der Waals surface area (Å²) in [6, 6.07) is 1.07. The molecule has 0 aliphatic heterocycles. The molecule has 2 rings (SSSR count). The molecule has 2 fully saturated rings. The van der Waals surface area contributed by atoms with Crippen LogP contribution in [0.4, 0.5) is 4.79 Å². The van der Waals surface area contributed by atoms with Crippen molar-refractivity contribution in [3.8, 4) is 0 Å². The van der Waals surface area contributed by atoms with Crippen molar-refractivity contribution in [1.29, 1.82) is 0 Å². The summed E-state index contributed by atoms with van der Waals surface area (Å²) >= 11 is 0. The molecule has 0 bridgehead atoms. The van der Waals surface area contributed by atoms with Crippen molar-refractivity contribution >= 4 is 18.0 Å². The minimum Gasteiger partial charge on any atom is -0.481 e. The maximum Gasteiger partial charge on any atom is 0.407 e. The van der Waals surface area contributed by atoms with E-state index in [1.54, 1.807) is 20.8 Å². The molecule has 0 saturated heterocycles. The number of rotatable bonds is 8. The van der Waals surface area contributed by atoms with E-state index in [4.69, 9.17) is 21.3 Å². The number of carbonyl (C=O) groups is 3. The smallest absolute Gasteiger partial charge is 0.407 e. The third kappa shape index (κ3) is 22.2. The van der Waals surface area contributed by atoms with Gasteiger partial charge in [-0.2, -0.15) is 0 Å². The Hall–Kier alpha value is -1.87. The molecular formula is C19H38N4O5. The monoisotopic (exact) mass is 402 g/mol. The Morgan fingerprint density at radius 2 is 1.64 bits per heavy atom. The van der Waals surface area contributed by atoms with E-state index in [-0.39, 0.29) is 12.3 Å². The van der Waals surface area contributed by atoms with Gasteiger partial charge in [-0.1, -0.05) is 0 Å². The van der Waals surface area contributed by atoms with Crippen molar-refractivity contribution in [1.82, 2.24) is 10.6 Å². The minimum atomic E-state index is -0.865. The van der Waals surface area contributed by atoms with Crippen LogP contribution in [0.3, 0.4) is 0 Å². The summed E-state index contributed by atoms with van der Waals surface area (Å²) in [5.74, 6) is -0.705. The number of hydrogen-bond acceptors (Lipinski definition) is 6. The van der Waals surface area contributed by atoms with Crippen LogP contribution in [0.25, 0.3) is 0 Å². The van der Waals surface area contributed by atoms with E-state index >= 15 is 0 Å². The van der Waals surface area contributed by atoms with E-state index in [0.29, 0.717) is 38.0 Å². The topological polar surface area (TPSA) is 157 Å². The summed E-state index contributed by atoms with van der Waals surface area (Å²) < 4.78 is 4.95. The predicted octanol–water partition coefficient (Wildman–Crippen LogP) is 1.49. The molecule has 2 aliphatic rings. The zero-order valence-electron chi connectivity index (χ0n) is 17.5. The van der Waals surface area contributed by atoms with Crippen molar-refractivity contribution in [3.63, 3.8) is 0 Å². The number of carbonyl (C=O) groups excluding carboxylic acids is 2. The molecule has 0 atom stereocenters. The summed E-state index contributed by atoms with van der Waals surface area (Å²) in [6.07, 6.45) is 6.20. The van der Waals surface area contributed by atoms with E-state index in [1.807, 2.05) is 0 Å². The molecule has 2 saturated carbocycles. The second-order valence-corrected chi connectivity index (χ2v) is 8.00. The molecule has 2 amide bonds. The van der Waals surface area contributed by atoms with Gasteiger partial charge in [-0.15, -0.1) is 0 Å². The van der Waals surface area contributed by atoms with Crippen LogP contribution < -0.4 is 22.1 Å². The lowest BCUT2D eigenvalue weighted by Gasteiger charge is -2.19. The molecule has 0 radical (unpaired) electrons. The Morgan fingerprint density at radius 1 is 1.07 bits per heavy atom. The van der Waals surface area contributed by atoms with E-state index < -0.39 is 17.7 Å². The fourth-order valence-corrected chi connectivity index (χ4v) is 1.63. The van der Waals surface area contributed by atoms with E-state index in [9.17, 15) is 14.4 Å². The van der Waals surface area contributed by atoms with Gasteiger partial charge in [0.05, 0.1) is 0 Å². The lowest BCUT2D eigenvalue weighted by Crippen LogP contribution is -2.33. The number of aliphatic carboxylic acids is 1. The number of ether oxygens (including phenoxy) is 1. The molecule has 9 nitrogen and oxygen atoms in total. The van der Waals surface area contributed by atoms with Gasteiger partial charge in [0.2, 0.25) is 5.91 Å². The molecule has 7 N–H and O–H groups in total.